The first-order valence-corrected chi connectivity index (χ1v) is 6.13. The average Bonchev–Trinajstić information content (AvgIpc) is 2.27. The molecule has 3 nitrogen and oxygen atoms in total. The predicted molar refractivity (Wildman–Crippen MR) is 57.3 cm³/mol. The molecule has 3 heteroatoms. The fourth-order valence-corrected chi connectivity index (χ4v) is 3.53. The molecule has 2 aliphatic carbocycles. The number of fused-ring (bicyclic) bond motifs is 2. The van der Waals surface area contributed by atoms with E-state index in [1.54, 1.807) is 0 Å². The standard InChI is InChI=1S/C13H16O3/c14-12-7-10-5-8-3-1-2-4-9(8)6-11(10)13(15)16-12/h1-2,8-11H,3-7H2. The van der Waals surface area contributed by atoms with Gasteiger partial charge in [0.1, 0.15) is 0 Å². The number of carbonyl (C=O) groups excluding carboxylic acids is 2. The molecule has 0 N–H and O–H groups in total. The summed E-state index contributed by atoms with van der Waals surface area (Å²) in [4.78, 5) is 22.9. The molecule has 1 saturated heterocycles. The Balaban J connectivity index is 1.80. The maximum atomic E-state index is 11.7. The van der Waals surface area contributed by atoms with E-state index in [2.05, 4.69) is 12.2 Å². The first-order valence-electron chi connectivity index (χ1n) is 6.13. The lowest BCUT2D eigenvalue weighted by molar-refractivity contribution is -0.174. The monoisotopic (exact) mass is 220 g/mol. The van der Waals surface area contributed by atoms with E-state index in [9.17, 15) is 9.59 Å². The van der Waals surface area contributed by atoms with Crippen LogP contribution in [0.1, 0.15) is 32.1 Å². The summed E-state index contributed by atoms with van der Waals surface area (Å²) in [5.74, 6) is 0.967. The largest absolute Gasteiger partial charge is 0.393 e. The highest BCUT2D eigenvalue weighted by Crippen LogP contribution is 2.46. The van der Waals surface area contributed by atoms with Crippen molar-refractivity contribution in [1.29, 1.82) is 0 Å². The number of hydrogen-bond donors (Lipinski definition) is 0. The van der Waals surface area contributed by atoms with Crippen molar-refractivity contribution in [2.75, 3.05) is 0 Å². The SMILES string of the molecule is O=C1CC2CC3CC=CCC3CC2C(=O)O1. The minimum Gasteiger partial charge on any atom is -0.393 e. The molecule has 0 aromatic rings. The zero-order valence-electron chi connectivity index (χ0n) is 9.22. The second-order valence-corrected chi connectivity index (χ2v) is 5.30. The molecular weight excluding hydrogens is 204 g/mol. The third kappa shape index (κ3) is 1.58. The number of rotatable bonds is 0. The molecule has 0 aromatic heterocycles. The molecule has 0 amide bonds. The average molecular weight is 220 g/mol. The Morgan fingerprint density at radius 3 is 2.44 bits per heavy atom. The minimum atomic E-state index is -0.323. The normalized spacial score (nSPS) is 42.2. The summed E-state index contributed by atoms with van der Waals surface area (Å²) in [5, 5.41) is 0. The number of esters is 2. The van der Waals surface area contributed by atoms with Crippen LogP contribution in [0.25, 0.3) is 0 Å². The maximum Gasteiger partial charge on any atom is 0.316 e. The van der Waals surface area contributed by atoms with E-state index in [0.717, 1.165) is 25.7 Å². The summed E-state index contributed by atoms with van der Waals surface area (Å²) < 4.78 is 4.74. The fourth-order valence-electron chi connectivity index (χ4n) is 3.53. The molecule has 1 saturated carbocycles. The van der Waals surface area contributed by atoms with Crippen LogP contribution >= 0.6 is 0 Å². The van der Waals surface area contributed by atoms with Crippen LogP contribution < -0.4 is 0 Å². The van der Waals surface area contributed by atoms with Crippen LogP contribution in [0.4, 0.5) is 0 Å². The van der Waals surface area contributed by atoms with Crippen LogP contribution in [0.2, 0.25) is 0 Å². The van der Waals surface area contributed by atoms with E-state index < -0.39 is 0 Å². The van der Waals surface area contributed by atoms with Gasteiger partial charge in [0.25, 0.3) is 0 Å². The Bertz CT molecular complexity index is 358. The Labute approximate surface area is 94.8 Å². The number of allylic oxidation sites excluding steroid dienone is 2. The lowest BCUT2D eigenvalue weighted by Crippen LogP contribution is -2.42. The lowest BCUT2D eigenvalue weighted by atomic mass is 9.63. The third-order valence-corrected chi connectivity index (χ3v) is 4.39. The van der Waals surface area contributed by atoms with Gasteiger partial charge in [0.15, 0.2) is 0 Å². The molecule has 16 heavy (non-hydrogen) atoms. The van der Waals surface area contributed by atoms with E-state index in [1.807, 2.05) is 0 Å². The van der Waals surface area contributed by atoms with Crippen LogP contribution in [0, 0.1) is 23.7 Å². The van der Waals surface area contributed by atoms with Crippen LogP contribution in [0.15, 0.2) is 12.2 Å². The van der Waals surface area contributed by atoms with E-state index in [1.165, 1.54) is 0 Å². The summed E-state index contributed by atoms with van der Waals surface area (Å²) in [6.07, 6.45) is 9.08. The number of ether oxygens (including phenoxy) is 1. The molecule has 0 spiro atoms. The number of hydrogen-bond acceptors (Lipinski definition) is 3. The van der Waals surface area contributed by atoms with Crippen molar-refractivity contribution >= 4 is 11.9 Å². The molecule has 0 bridgehead atoms. The smallest absolute Gasteiger partial charge is 0.316 e. The van der Waals surface area contributed by atoms with Gasteiger partial charge in [-0.05, 0) is 43.4 Å². The molecular formula is C13H16O3. The summed E-state index contributed by atoms with van der Waals surface area (Å²) in [6.45, 7) is 0. The molecule has 4 atom stereocenters. The molecule has 0 radical (unpaired) electrons. The van der Waals surface area contributed by atoms with Gasteiger partial charge in [-0.25, -0.2) is 0 Å². The molecule has 3 rings (SSSR count). The fraction of sp³-hybridized carbons (Fsp3) is 0.692. The quantitative estimate of drug-likeness (QED) is 0.356. The Morgan fingerprint density at radius 2 is 1.69 bits per heavy atom. The highest BCUT2D eigenvalue weighted by molar-refractivity contribution is 5.90. The molecule has 86 valence electrons. The van der Waals surface area contributed by atoms with Gasteiger partial charge in [-0.1, -0.05) is 12.2 Å². The van der Waals surface area contributed by atoms with E-state index in [0.29, 0.717) is 18.3 Å². The third-order valence-electron chi connectivity index (χ3n) is 4.39. The Kier molecular flexibility index (Phi) is 2.34. The summed E-state index contributed by atoms with van der Waals surface area (Å²) in [7, 11) is 0. The first kappa shape index (κ1) is 10.1. The van der Waals surface area contributed by atoms with Gasteiger partial charge < -0.3 is 4.74 Å². The van der Waals surface area contributed by atoms with Crippen molar-refractivity contribution in [2.45, 2.75) is 32.1 Å². The molecule has 4 unspecified atom stereocenters. The second kappa shape index (κ2) is 3.72. The van der Waals surface area contributed by atoms with Gasteiger partial charge in [0.2, 0.25) is 0 Å². The van der Waals surface area contributed by atoms with Crippen LogP contribution in [0.5, 0.6) is 0 Å². The van der Waals surface area contributed by atoms with Gasteiger partial charge in [-0.2, -0.15) is 0 Å². The van der Waals surface area contributed by atoms with Crippen LogP contribution in [0.3, 0.4) is 0 Å². The zero-order chi connectivity index (χ0) is 11.1. The molecule has 2 fully saturated rings. The zero-order valence-corrected chi connectivity index (χ0v) is 9.22. The van der Waals surface area contributed by atoms with Gasteiger partial charge in [0.05, 0.1) is 5.92 Å². The summed E-state index contributed by atoms with van der Waals surface area (Å²) in [5.41, 5.74) is 0. The van der Waals surface area contributed by atoms with E-state index in [4.69, 9.17) is 4.74 Å². The van der Waals surface area contributed by atoms with Gasteiger partial charge in [0, 0.05) is 6.42 Å². The van der Waals surface area contributed by atoms with Crippen molar-refractivity contribution in [3.05, 3.63) is 12.2 Å². The molecule has 0 aromatic carbocycles. The highest BCUT2D eigenvalue weighted by atomic mass is 16.6. The van der Waals surface area contributed by atoms with Crippen molar-refractivity contribution in [3.8, 4) is 0 Å². The van der Waals surface area contributed by atoms with Crippen LogP contribution in [-0.4, -0.2) is 11.9 Å². The topological polar surface area (TPSA) is 43.4 Å². The minimum absolute atomic E-state index is 0.00884. The lowest BCUT2D eigenvalue weighted by Gasteiger charge is -2.42. The predicted octanol–water partition coefficient (Wildman–Crippen LogP) is 2.07. The van der Waals surface area contributed by atoms with E-state index in [-0.39, 0.29) is 23.8 Å². The van der Waals surface area contributed by atoms with Crippen LogP contribution in [-0.2, 0) is 14.3 Å². The molecule has 1 heterocycles. The summed E-state index contributed by atoms with van der Waals surface area (Å²) in [6, 6.07) is 0. The first-order chi connectivity index (χ1) is 7.74. The second-order valence-electron chi connectivity index (χ2n) is 5.30. The molecule has 1 aliphatic heterocycles. The molecule has 3 aliphatic rings. The van der Waals surface area contributed by atoms with Crippen molar-refractivity contribution in [3.63, 3.8) is 0 Å². The van der Waals surface area contributed by atoms with Gasteiger partial charge in [-0.15, -0.1) is 0 Å². The van der Waals surface area contributed by atoms with Gasteiger partial charge in [-0.3, -0.25) is 9.59 Å². The Morgan fingerprint density at radius 1 is 1.00 bits per heavy atom. The van der Waals surface area contributed by atoms with Gasteiger partial charge >= 0.3 is 11.9 Å². The van der Waals surface area contributed by atoms with Crippen molar-refractivity contribution in [1.82, 2.24) is 0 Å². The number of cyclic esters (lactones) is 2. The number of carbonyl (C=O) groups is 2. The van der Waals surface area contributed by atoms with Crippen molar-refractivity contribution < 1.29 is 14.3 Å². The summed E-state index contributed by atoms with van der Waals surface area (Å²) >= 11 is 0. The maximum absolute atomic E-state index is 11.7. The van der Waals surface area contributed by atoms with Crippen molar-refractivity contribution in [2.24, 2.45) is 23.7 Å². The van der Waals surface area contributed by atoms with E-state index >= 15 is 0 Å². The Hall–Kier alpha value is -1.12. The highest BCUT2D eigenvalue weighted by Gasteiger charge is 2.45.